The maximum Gasteiger partial charge on any atom is 0.159 e. The molecule has 0 bridgehead atoms. The molecule has 1 aliphatic rings. The van der Waals surface area contributed by atoms with Crippen LogP contribution in [0.4, 0.5) is 0 Å². The molecular weight excluding hydrogens is 250 g/mol. The Labute approximate surface area is 121 Å². The summed E-state index contributed by atoms with van der Waals surface area (Å²) in [6.07, 6.45) is 6.31. The first kappa shape index (κ1) is 15.0. The molecule has 0 aromatic heterocycles. The van der Waals surface area contributed by atoms with E-state index in [-0.39, 0.29) is 12.0 Å². The molecule has 0 N–H and O–H groups in total. The Kier molecular flexibility index (Phi) is 5.60. The fourth-order valence-electron chi connectivity index (χ4n) is 2.68. The van der Waals surface area contributed by atoms with Crippen LogP contribution in [-0.2, 0) is 0 Å². The number of ether oxygens (including phenoxy) is 1. The molecule has 0 radical (unpaired) electrons. The summed E-state index contributed by atoms with van der Waals surface area (Å²) in [5.74, 6) is 0.959. The summed E-state index contributed by atoms with van der Waals surface area (Å²) in [5.41, 5.74) is 0.739. The number of ketones is 1. The minimum Gasteiger partial charge on any atom is -0.475 e. The standard InChI is InChI=1S/C17H25NO2/c1-3-4-5-12-18-13-6-7-17(18)20-16-10-8-15(9-11-16)14(2)19/h8-11,17H,3-7,12-13H2,1-2H3. The van der Waals surface area contributed by atoms with Crippen LogP contribution in [-0.4, -0.2) is 30.0 Å². The van der Waals surface area contributed by atoms with Gasteiger partial charge in [-0.25, -0.2) is 0 Å². The predicted octanol–water partition coefficient (Wildman–Crippen LogP) is 3.88. The minimum absolute atomic E-state index is 0.0959. The minimum atomic E-state index is 0.0959. The number of carbonyl (C=O) groups excluding carboxylic acids is 1. The first-order chi connectivity index (χ1) is 9.70. The van der Waals surface area contributed by atoms with Crippen LogP contribution in [0.5, 0.6) is 5.75 Å². The Hall–Kier alpha value is -1.35. The average Bonchev–Trinajstić information content (AvgIpc) is 2.87. The number of benzene rings is 1. The second-order valence-electron chi connectivity index (χ2n) is 5.54. The van der Waals surface area contributed by atoms with Crippen molar-refractivity contribution in [1.82, 2.24) is 4.90 Å². The number of unbranched alkanes of at least 4 members (excludes halogenated alkanes) is 2. The van der Waals surface area contributed by atoms with E-state index in [0.29, 0.717) is 0 Å². The third-order valence-electron chi connectivity index (χ3n) is 3.89. The molecule has 3 nitrogen and oxygen atoms in total. The van der Waals surface area contributed by atoms with E-state index in [9.17, 15) is 4.79 Å². The molecule has 1 heterocycles. The van der Waals surface area contributed by atoms with Crippen molar-refractivity contribution in [2.24, 2.45) is 0 Å². The number of hydrogen-bond donors (Lipinski definition) is 0. The number of rotatable bonds is 7. The van der Waals surface area contributed by atoms with E-state index in [2.05, 4.69) is 11.8 Å². The number of likely N-dealkylation sites (tertiary alicyclic amines) is 1. The lowest BCUT2D eigenvalue weighted by molar-refractivity contribution is 0.0595. The van der Waals surface area contributed by atoms with Gasteiger partial charge in [0, 0.05) is 18.7 Å². The van der Waals surface area contributed by atoms with Crippen LogP contribution in [0.2, 0.25) is 0 Å². The summed E-state index contributed by atoms with van der Waals surface area (Å²) in [4.78, 5) is 13.7. The van der Waals surface area contributed by atoms with Crippen molar-refractivity contribution in [2.75, 3.05) is 13.1 Å². The van der Waals surface area contributed by atoms with Gasteiger partial charge in [0.15, 0.2) is 12.0 Å². The molecule has 20 heavy (non-hydrogen) atoms. The molecule has 1 fully saturated rings. The van der Waals surface area contributed by atoms with Crippen LogP contribution in [0.3, 0.4) is 0 Å². The van der Waals surface area contributed by atoms with Gasteiger partial charge in [-0.15, -0.1) is 0 Å². The lowest BCUT2D eigenvalue weighted by Gasteiger charge is -2.25. The van der Waals surface area contributed by atoms with Crippen molar-refractivity contribution >= 4 is 5.78 Å². The molecule has 0 spiro atoms. The Balaban J connectivity index is 1.89. The van der Waals surface area contributed by atoms with Crippen molar-refractivity contribution in [3.63, 3.8) is 0 Å². The molecule has 1 saturated heterocycles. The molecule has 1 unspecified atom stereocenters. The van der Waals surface area contributed by atoms with E-state index >= 15 is 0 Å². The van der Waals surface area contributed by atoms with E-state index in [1.807, 2.05) is 24.3 Å². The van der Waals surface area contributed by atoms with Crippen LogP contribution in [0.1, 0.15) is 56.3 Å². The largest absolute Gasteiger partial charge is 0.475 e. The highest BCUT2D eigenvalue weighted by molar-refractivity contribution is 5.94. The highest BCUT2D eigenvalue weighted by Crippen LogP contribution is 2.23. The number of Topliss-reactive ketones (excluding diaryl/α,β-unsaturated/α-hetero) is 1. The first-order valence-corrected chi connectivity index (χ1v) is 7.72. The summed E-state index contributed by atoms with van der Waals surface area (Å²) in [5, 5.41) is 0. The van der Waals surface area contributed by atoms with Gasteiger partial charge in [-0.05, 0) is 50.5 Å². The second kappa shape index (κ2) is 7.44. The maximum atomic E-state index is 11.3. The monoisotopic (exact) mass is 275 g/mol. The Morgan fingerprint density at radius 1 is 1.30 bits per heavy atom. The lowest BCUT2D eigenvalue weighted by Crippen LogP contribution is -2.34. The molecule has 1 aromatic rings. The van der Waals surface area contributed by atoms with Crippen LogP contribution in [0, 0.1) is 0 Å². The van der Waals surface area contributed by atoms with Gasteiger partial charge in [-0.3, -0.25) is 9.69 Å². The molecule has 110 valence electrons. The van der Waals surface area contributed by atoms with Crippen molar-refractivity contribution in [3.05, 3.63) is 29.8 Å². The third-order valence-corrected chi connectivity index (χ3v) is 3.89. The molecule has 1 aliphatic heterocycles. The van der Waals surface area contributed by atoms with Gasteiger partial charge >= 0.3 is 0 Å². The van der Waals surface area contributed by atoms with Gasteiger partial charge in [0.25, 0.3) is 0 Å². The smallest absolute Gasteiger partial charge is 0.159 e. The molecule has 2 rings (SSSR count). The lowest BCUT2D eigenvalue weighted by atomic mass is 10.1. The molecule has 1 atom stereocenters. The molecular formula is C17H25NO2. The first-order valence-electron chi connectivity index (χ1n) is 7.72. The molecule has 1 aromatic carbocycles. The summed E-state index contributed by atoms with van der Waals surface area (Å²) < 4.78 is 6.07. The molecule has 0 aliphatic carbocycles. The van der Waals surface area contributed by atoms with Crippen LogP contribution in [0.15, 0.2) is 24.3 Å². The third kappa shape index (κ3) is 4.07. The van der Waals surface area contributed by atoms with Crippen molar-refractivity contribution in [3.8, 4) is 5.75 Å². The van der Waals surface area contributed by atoms with Gasteiger partial charge in [0.05, 0.1) is 0 Å². The zero-order valence-electron chi connectivity index (χ0n) is 12.6. The maximum absolute atomic E-state index is 11.3. The fourth-order valence-corrected chi connectivity index (χ4v) is 2.68. The summed E-state index contributed by atoms with van der Waals surface area (Å²) in [6.45, 7) is 6.08. The quantitative estimate of drug-likeness (QED) is 0.558. The SMILES string of the molecule is CCCCCN1CCCC1Oc1ccc(C(C)=O)cc1. The summed E-state index contributed by atoms with van der Waals surface area (Å²) in [7, 11) is 0. The van der Waals surface area contributed by atoms with Gasteiger partial charge in [0.2, 0.25) is 0 Å². The topological polar surface area (TPSA) is 29.5 Å². The Morgan fingerprint density at radius 3 is 2.70 bits per heavy atom. The highest BCUT2D eigenvalue weighted by Gasteiger charge is 2.25. The average molecular weight is 275 g/mol. The summed E-state index contributed by atoms with van der Waals surface area (Å²) in [6, 6.07) is 7.49. The van der Waals surface area contributed by atoms with Crippen LogP contribution >= 0.6 is 0 Å². The van der Waals surface area contributed by atoms with Crippen molar-refractivity contribution < 1.29 is 9.53 Å². The van der Waals surface area contributed by atoms with Crippen molar-refractivity contribution in [2.45, 2.75) is 52.2 Å². The van der Waals surface area contributed by atoms with Crippen LogP contribution in [0.25, 0.3) is 0 Å². The zero-order valence-corrected chi connectivity index (χ0v) is 12.6. The normalized spacial score (nSPS) is 19.2. The van der Waals surface area contributed by atoms with Crippen molar-refractivity contribution in [1.29, 1.82) is 0 Å². The number of carbonyl (C=O) groups is 1. The predicted molar refractivity (Wildman–Crippen MR) is 81.2 cm³/mol. The summed E-state index contributed by atoms with van der Waals surface area (Å²) >= 11 is 0. The molecule has 0 saturated carbocycles. The zero-order chi connectivity index (χ0) is 14.4. The van der Waals surface area contributed by atoms with Crippen LogP contribution < -0.4 is 4.74 Å². The van der Waals surface area contributed by atoms with E-state index in [4.69, 9.17) is 4.74 Å². The highest BCUT2D eigenvalue weighted by atomic mass is 16.5. The van der Waals surface area contributed by atoms with Gasteiger partial charge < -0.3 is 4.74 Å². The van der Waals surface area contributed by atoms with E-state index < -0.39 is 0 Å². The molecule has 0 amide bonds. The van der Waals surface area contributed by atoms with Gasteiger partial charge in [-0.1, -0.05) is 19.8 Å². The van der Waals surface area contributed by atoms with E-state index in [0.717, 1.165) is 30.8 Å². The Bertz CT molecular complexity index is 427. The fraction of sp³-hybridized carbons (Fsp3) is 0.588. The van der Waals surface area contributed by atoms with E-state index in [1.165, 1.54) is 25.7 Å². The number of nitrogens with zero attached hydrogens (tertiary/aromatic N) is 1. The van der Waals surface area contributed by atoms with Gasteiger partial charge in [0.1, 0.15) is 5.75 Å². The second-order valence-corrected chi connectivity index (χ2v) is 5.54. The molecule has 3 heteroatoms. The number of hydrogen-bond acceptors (Lipinski definition) is 3. The van der Waals surface area contributed by atoms with Gasteiger partial charge in [-0.2, -0.15) is 0 Å². The van der Waals surface area contributed by atoms with E-state index in [1.54, 1.807) is 6.92 Å². The Morgan fingerprint density at radius 2 is 2.05 bits per heavy atom.